The van der Waals surface area contributed by atoms with Crippen molar-refractivity contribution >= 4 is 44.9 Å². The number of aryl methyl sites for hydroxylation is 1. The number of nitrogens with zero attached hydrogens (tertiary/aromatic N) is 5. The van der Waals surface area contributed by atoms with Gasteiger partial charge in [-0.1, -0.05) is 49.4 Å². The minimum atomic E-state index is -0.381. The van der Waals surface area contributed by atoms with Crippen LogP contribution in [-0.4, -0.2) is 75.0 Å². The number of fused-ring (bicyclic) bond motifs is 4. The van der Waals surface area contributed by atoms with Gasteiger partial charge >= 0.3 is 5.69 Å². The molecule has 2 fully saturated rings. The Morgan fingerprint density at radius 2 is 1.74 bits per heavy atom. The number of thioether (sulfide) groups is 1. The van der Waals surface area contributed by atoms with Crippen LogP contribution in [0.1, 0.15) is 83.7 Å². The van der Waals surface area contributed by atoms with Gasteiger partial charge in [0.05, 0.1) is 43.2 Å². The first-order valence-corrected chi connectivity index (χ1v) is 22.0. The number of hydrogen-bond donors (Lipinski definition) is 0. The van der Waals surface area contributed by atoms with Crippen LogP contribution in [0, 0.1) is 0 Å². The summed E-state index contributed by atoms with van der Waals surface area (Å²) in [4.78, 5) is 55.1. The maximum Gasteiger partial charge on any atom is 0.332 e. The molecule has 0 unspecified atom stereocenters. The van der Waals surface area contributed by atoms with Gasteiger partial charge in [0.2, 0.25) is 0 Å². The quantitative estimate of drug-likeness (QED) is 0.137. The SMILES string of the molecule is CCOc1cc2c(cc1OC)C(c1ccc(C(=O)N3CCC(n4c(=O)c5sc(-c6ccccc6)cc5n(Cc5coc(CC)n5)c4=O)CC3)cc1)=N[C@@H]1CCSC[C@H]21. The lowest BCUT2D eigenvalue weighted by Crippen LogP contribution is -2.46. The highest BCUT2D eigenvalue weighted by atomic mass is 32.2. The molecule has 3 aliphatic heterocycles. The number of rotatable bonds is 10. The first-order chi connectivity index (χ1) is 28.3. The molecule has 3 aliphatic rings. The molecule has 6 heterocycles. The van der Waals surface area contributed by atoms with Gasteiger partial charge in [-0.05, 0) is 73.4 Å². The Hall–Kier alpha value is -5.40. The fourth-order valence-electron chi connectivity index (χ4n) is 8.57. The summed E-state index contributed by atoms with van der Waals surface area (Å²) in [5, 5.41) is 0. The highest BCUT2D eigenvalue weighted by Gasteiger charge is 2.35. The van der Waals surface area contributed by atoms with Crippen LogP contribution in [0.4, 0.5) is 0 Å². The maximum atomic E-state index is 14.3. The van der Waals surface area contributed by atoms with Gasteiger partial charge in [0, 0.05) is 58.8 Å². The Kier molecular flexibility index (Phi) is 10.6. The lowest BCUT2D eigenvalue weighted by molar-refractivity contribution is 0.0691. The number of methoxy groups -OCH3 is 1. The zero-order valence-corrected chi connectivity index (χ0v) is 34.4. The Labute approximate surface area is 344 Å². The summed E-state index contributed by atoms with van der Waals surface area (Å²) in [5.74, 6) is 4.36. The van der Waals surface area contributed by atoms with Crippen LogP contribution < -0.4 is 20.7 Å². The van der Waals surface area contributed by atoms with E-state index in [1.807, 2.05) is 97.2 Å². The number of carbonyl (C=O) groups excluding carboxylic acids is 1. The van der Waals surface area contributed by atoms with Crippen molar-refractivity contribution in [3.63, 3.8) is 0 Å². The van der Waals surface area contributed by atoms with E-state index in [0.29, 0.717) is 78.0 Å². The van der Waals surface area contributed by atoms with Gasteiger partial charge in [-0.25, -0.2) is 9.78 Å². The molecule has 0 N–H and O–H groups in total. The van der Waals surface area contributed by atoms with Gasteiger partial charge < -0.3 is 18.8 Å². The van der Waals surface area contributed by atoms with Crippen molar-refractivity contribution in [3.05, 3.63) is 134 Å². The number of ether oxygens (including phenoxy) is 2. The number of hydrogen-bond acceptors (Lipinski definition) is 10. The predicted molar refractivity (Wildman–Crippen MR) is 230 cm³/mol. The summed E-state index contributed by atoms with van der Waals surface area (Å²) in [6.45, 7) is 5.50. The van der Waals surface area contributed by atoms with Crippen molar-refractivity contribution in [2.75, 3.05) is 38.3 Å². The molecule has 13 heteroatoms. The molecule has 9 rings (SSSR count). The van der Waals surface area contributed by atoms with Gasteiger partial charge in [-0.15, -0.1) is 11.3 Å². The van der Waals surface area contributed by atoms with Crippen molar-refractivity contribution in [1.29, 1.82) is 0 Å². The van der Waals surface area contributed by atoms with Gasteiger partial charge in [-0.3, -0.25) is 23.7 Å². The van der Waals surface area contributed by atoms with Gasteiger partial charge in [0.15, 0.2) is 17.4 Å². The van der Waals surface area contributed by atoms with Gasteiger partial charge in [0.25, 0.3) is 11.5 Å². The summed E-state index contributed by atoms with van der Waals surface area (Å²) in [6, 6.07) is 23.6. The van der Waals surface area contributed by atoms with E-state index in [0.717, 1.165) is 51.0 Å². The van der Waals surface area contributed by atoms with E-state index in [1.165, 1.54) is 21.5 Å². The summed E-state index contributed by atoms with van der Waals surface area (Å²) < 4.78 is 20.9. The number of thiophene rings is 1. The zero-order chi connectivity index (χ0) is 39.9. The lowest BCUT2D eigenvalue weighted by atomic mass is 9.81. The summed E-state index contributed by atoms with van der Waals surface area (Å²) in [6.07, 6.45) is 4.18. The number of aromatic nitrogens is 3. The molecule has 2 atom stereocenters. The number of piperidine rings is 1. The lowest BCUT2D eigenvalue weighted by Gasteiger charge is -2.35. The van der Waals surface area contributed by atoms with Crippen molar-refractivity contribution in [2.45, 2.75) is 64.1 Å². The summed E-state index contributed by atoms with van der Waals surface area (Å²) in [5.41, 5.74) is 6.24. The highest BCUT2D eigenvalue weighted by molar-refractivity contribution is 7.99. The standard InChI is InChI=1S/C45H45N5O6S2/c1-4-40-46-30(25-56-40)24-49-36-23-39(27-9-7-6-8-10-27)58-42(36)44(52)50(45(49)53)31-15-18-48(19-16-31)43(51)29-13-11-28(12-14-29)41-33-22-37(54-3)38(55-5-2)21-32(33)34-26-57-20-17-35(34)47-41/h6-14,21-23,25,31,34-35H,4-5,15-20,24,26H2,1-3H3/t34-,35-/m1/s1. The molecule has 0 aliphatic carbocycles. The van der Waals surface area contributed by atoms with Crippen LogP contribution in [-0.2, 0) is 13.0 Å². The first kappa shape index (κ1) is 38.1. The van der Waals surface area contributed by atoms with Crippen molar-refractivity contribution < 1.29 is 18.7 Å². The molecule has 0 bridgehead atoms. The summed E-state index contributed by atoms with van der Waals surface area (Å²) in [7, 11) is 1.66. The Balaban J connectivity index is 0.967. The monoisotopic (exact) mass is 815 g/mol. The fraction of sp³-hybridized carbons (Fsp3) is 0.356. The minimum absolute atomic E-state index is 0.0768. The zero-order valence-electron chi connectivity index (χ0n) is 32.8. The summed E-state index contributed by atoms with van der Waals surface area (Å²) >= 11 is 3.37. The largest absolute Gasteiger partial charge is 0.493 e. The number of likely N-dealkylation sites (tertiary alicyclic amines) is 1. The number of amides is 1. The van der Waals surface area contributed by atoms with E-state index >= 15 is 0 Å². The van der Waals surface area contributed by atoms with Crippen molar-refractivity contribution in [3.8, 4) is 21.9 Å². The number of benzene rings is 3. The van der Waals surface area contributed by atoms with Crippen molar-refractivity contribution in [2.24, 2.45) is 4.99 Å². The highest BCUT2D eigenvalue weighted by Crippen LogP contribution is 2.44. The van der Waals surface area contributed by atoms with Crippen LogP contribution in [0.5, 0.6) is 11.5 Å². The van der Waals surface area contributed by atoms with Crippen LogP contribution in [0.25, 0.3) is 20.7 Å². The van der Waals surface area contributed by atoms with E-state index in [9.17, 15) is 14.4 Å². The third-order valence-corrected chi connectivity index (χ3v) is 13.8. The van der Waals surface area contributed by atoms with E-state index in [1.54, 1.807) is 17.9 Å². The molecule has 1 amide bonds. The van der Waals surface area contributed by atoms with Crippen LogP contribution in [0.2, 0.25) is 0 Å². The molecule has 0 radical (unpaired) electrons. The van der Waals surface area contributed by atoms with E-state index in [-0.39, 0.29) is 35.8 Å². The number of oxazole rings is 1. The molecule has 3 aromatic carbocycles. The van der Waals surface area contributed by atoms with E-state index in [2.05, 4.69) is 11.1 Å². The average Bonchev–Trinajstić information content (AvgIpc) is 3.93. The smallest absolute Gasteiger partial charge is 0.332 e. The second-order valence-electron chi connectivity index (χ2n) is 15.0. The molecular formula is C45H45N5O6S2. The number of aliphatic imine (C=N–C) groups is 1. The third-order valence-electron chi connectivity index (χ3n) is 11.6. The first-order valence-electron chi connectivity index (χ1n) is 20.0. The fourth-order valence-corrected chi connectivity index (χ4v) is 10.9. The number of carbonyl (C=O) groups is 1. The average molecular weight is 816 g/mol. The molecule has 0 spiro atoms. The minimum Gasteiger partial charge on any atom is -0.493 e. The van der Waals surface area contributed by atoms with Crippen LogP contribution in [0.15, 0.2) is 98.1 Å². The molecule has 58 heavy (non-hydrogen) atoms. The molecule has 0 saturated carbocycles. The molecule has 298 valence electrons. The van der Waals surface area contributed by atoms with Crippen molar-refractivity contribution in [1.82, 2.24) is 19.0 Å². The molecule has 3 aromatic heterocycles. The second-order valence-corrected chi connectivity index (χ2v) is 17.2. The molecule has 6 aromatic rings. The Morgan fingerprint density at radius 1 is 0.948 bits per heavy atom. The molecule has 2 saturated heterocycles. The Bertz CT molecular complexity index is 2640. The van der Waals surface area contributed by atoms with E-state index in [4.69, 9.17) is 18.9 Å². The maximum absolute atomic E-state index is 14.3. The van der Waals surface area contributed by atoms with Gasteiger partial charge in [0.1, 0.15) is 11.0 Å². The van der Waals surface area contributed by atoms with E-state index < -0.39 is 0 Å². The normalized spacial score (nSPS) is 18.1. The predicted octanol–water partition coefficient (Wildman–Crippen LogP) is 7.82. The third kappa shape index (κ3) is 6.97. The topological polar surface area (TPSA) is 121 Å². The molecule has 11 nitrogen and oxygen atoms in total. The van der Waals surface area contributed by atoms with Crippen LogP contribution >= 0.6 is 23.1 Å². The molecular weight excluding hydrogens is 771 g/mol. The van der Waals surface area contributed by atoms with Crippen LogP contribution in [0.3, 0.4) is 0 Å². The van der Waals surface area contributed by atoms with Gasteiger partial charge in [-0.2, -0.15) is 11.8 Å². The Morgan fingerprint density at radius 3 is 2.47 bits per heavy atom. The second kappa shape index (κ2) is 16.1.